The second kappa shape index (κ2) is 4.50. The van der Waals surface area contributed by atoms with E-state index in [1.54, 1.807) is 6.07 Å². The van der Waals surface area contributed by atoms with E-state index in [1.165, 1.54) is 0 Å². The molecule has 0 bridgehead atoms. The molecule has 0 atom stereocenters. The molecule has 6 heteroatoms. The van der Waals surface area contributed by atoms with E-state index in [0.717, 1.165) is 29.2 Å². The summed E-state index contributed by atoms with van der Waals surface area (Å²) in [5.74, 6) is 5.80. The van der Waals surface area contributed by atoms with Crippen LogP contribution in [0.25, 0.3) is 11.3 Å². The minimum absolute atomic E-state index is 0.548. The van der Waals surface area contributed by atoms with Gasteiger partial charge in [-0.2, -0.15) is 5.10 Å². The number of hydrogen-bond donors (Lipinski definition) is 2. The number of rotatable bonds is 3. The van der Waals surface area contributed by atoms with Crippen molar-refractivity contribution in [1.29, 1.82) is 0 Å². The van der Waals surface area contributed by atoms with Gasteiger partial charge < -0.3 is 5.43 Å². The van der Waals surface area contributed by atoms with Crippen LogP contribution in [0.4, 0.5) is 5.82 Å². The second-order valence-corrected chi connectivity index (χ2v) is 3.81. The zero-order chi connectivity index (χ0) is 12.4. The number of hydrogen-bond acceptors (Lipinski definition) is 5. The normalized spacial score (nSPS) is 10.6. The maximum absolute atomic E-state index is 5.26. The molecule has 0 aromatic carbocycles. The second-order valence-electron chi connectivity index (χ2n) is 3.81. The fraction of sp³-hybridized carbons (Fsp3) is 0.364. The maximum Gasteiger partial charge on any atom is 0.162 e. The average Bonchev–Trinajstić information content (AvgIpc) is 2.64. The average molecular weight is 232 g/mol. The van der Waals surface area contributed by atoms with Gasteiger partial charge in [0.2, 0.25) is 0 Å². The highest BCUT2D eigenvalue weighted by Gasteiger charge is 2.13. The van der Waals surface area contributed by atoms with Gasteiger partial charge in [0.05, 0.1) is 11.4 Å². The summed E-state index contributed by atoms with van der Waals surface area (Å²) >= 11 is 0. The van der Waals surface area contributed by atoms with E-state index in [2.05, 4.69) is 27.6 Å². The van der Waals surface area contributed by atoms with Crippen LogP contribution in [0.15, 0.2) is 12.1 Å². The fourth-order valence-electron chi connectivity index (χ4n) is 1.92. The molecule has 0 amide bonds. The molecular formula is C11H16N6. The van der Waals surface area contributed by atoms with Crippen LogP contribution in [-0.4, -0.2) is 20.0 Å². The van der Waals surface area contributed by atoms with Gasteiger partial charge in [-0.05, 0) is 32.9 Å². The number of anilines is 1. The fourth-order valence-corrected chi connectivity index (χ4v) is 1.92. The molecule has 3 N–H and O–H groups in total. The van der Waals surface area contributed by atoms with E-state index in [9.17, 15) is 0 Å². The molecule has 0 aliphatic heterocycles. The number of hydrazine groups is 1. The largest absolute Gasteiger partial charge is 0.307 e. The zero-order valence-electron chi connectivity index (χ0n) is 10.2. The number of nitrogens with one attached hydrogen (secondary N) is 1. The number of nitrogens with zero attached hydrogens (tertiary/aromatic N) is 4. The van der Waals surface area contributed by atoms with E-state index in [0.29, 0.717) is 5.82 Å². The molecule has 0 spiro atoms. The molecule has 2 aromatic heterocycles. The number of nitrogens with two attached hydrogens (primary N) is 1. The zero-order valence-corrected chi connectivity index (χ0v) is 10.2. The summed E-state index contributed by atoms with van der Waals surface area (Å²) in [7, 11) is 0. The lowest BCUT2D eigenvalue weighted by Crippen LogP contribution is -2.09. The van der Waals surface area contributed by atoms with Crippen molar-refractivity contribution in [2.45, 2.75) is 27.3 Å². The third-order valence-electron chi connectivity index (χ3n) is 2.75. The first kappa shape index (κ1) is 11.5. The van der Waals surface area contributed by atoms with E-state index >= 15 is 0 Å². The van der Waals surface area contributed by atoms with Gasteiger partial charge in [-0.3, -0.25) is 4.68 Å². The molecule has 6 nitrogen and oxygen atoms in total. The first-order valence-electron chi connectivity index (χ1n) is 5.52. The Labute approximate surface area is 99.8 Å². The summed E-state index contributed by atoms with van der Waals surface area (Å²) in [6.45, 7) is 6.93. The van der Waals surface area contributed by atoms with Gasteiger partial charge >= 0.3 is 0 Å². The number of aromatic nitrogens is 4. The van der Waals surface area contributed by atoms with Crippen molar-refractivity contribution in [2.75, 3.05) is 5.43 Å². The minimum atomic E-state index is 0.548. The molecule has 0 saturated carbocycles. The Balaban J connectivity index is 2.48. The molecule has 0 saturated heterocycles. The van der Waals surface area contributed by atoms with Crippen LogP contribution < -0.4 is 11.3 Å². The topological polar surface area (TPSA) is 81.7 Å². The third kappa shape index (κ3) is 1.99. The van der Waals surface area contributed by atoms with Crippen molar-refractivity contribution in [1.82, 2.24) is 20.0 Å². The van der Waals surface area contributed by atoms with E-state index < -0.39 is 0 Å². The van der Waals surface area contributed by atoms with Gasteiger partial charge in [0, 0.05) is 17.8 Å². The highest BCUT2D eigenvalue weighted by Crippen LogP contribution is 2.24. The quantitative estimate of drug-likeness (QED) is 0.615. The van der Waals surface area contributed by atoms with Crippen molar-refractivity contribution in [3.05, 3.63) is 23.5 Å². The summed E-state index contributed by atoms with van der Waals surface area (Å²) in [5.41, 5.74) is 6.39. The maximum atomic E-state index is 5.26. The van der Waals surface area contributed by atoms with Gasteiger partial charge in [-0.15, -0.1) is 10.2 Å². The van der Waals surface area contributed by atoms with Crippen LogP contribution in [0.5, 0.6) is 0 Å². The van der Waals surface area contributed by atoms with Gasteiger partial charge in [0.1, 0.15) is 0 Å². The van der Waals surface area contributed by atoms with Crippen molar-refractivity contribution in [3.8, 4) is 11.3 Å². The van der Waals surface area contributed by atoms with Crippen LogP contribution in [0.1, 0.15) is 18.3 Å². The highest BCUT2D eigenvalue weighted by molar-refractivity contribution is 5.65. The molecule has 0 aliphatic rings. The first-order valence-corrected chi connectivity index (χ1v) is 5.52. The Morgan fingerprint density at radius 3 is 2.53 bits per heavy atom. The summed E-state index contributed by atoms with van der Waals surface area (Å²) in [6, 6.07) is 3.68. The summed E-state index contributed by atoms with van der Waals surface area (Å²) < 4.78 is 1.96. The molecule has 0 radical (unpaired) electrons. The predicted molar refractivity (Wildman–Crippen MR) is 66.2 cm³/mol. The van der Waals surface area contributed by atoms with E-state index in [-0.39, 0.29) is 0 Å². The summed E-state index contributed by atoms with van der Waals surface area (Å²) in [5, 5.41) is 12.6. The summed E-state index contributed by atoms with van der Waals surface area (Å²) in [6.07, 6.45) is 0. The Morgan fingerprint density at radius 1 is 1.29 bits per heavy atom. The van der Waals surface area contributed by atoms with E-state index in [1.807, 2.05) is 24.6 Å². The first-order chi connectivity index (χ1) is 8.17. The van der Waals surface area contributed by atoms with Gasteiger partial charge in [-0.25, -0.2) is 5.84 Å². The monoisotopic (exact) mass is 232 g/mol. The van der Waals surface area contributed by atoms with Gasteiger partial charge in [-0.1, -0.05) is 0 Å². The molecule has 2 heterocycles. The number of aryl methyl sites for hydroxylation is 2. The molecule has 17 heavy (non-hydrogen) atoms. The Bertz CT molecular complexity index is 514. The minimum Gasteiger partial charge on any atom is -0.307 e. The van der Waals surface area contributed by atoms with Crippen LogP contribution in [0.2, 0.25) is 0 Å². The third-order valence-corrected chi connectivity index (χ3v) is 2.75. The van der Waals surface area contributed by atoms with Crippen LogP contribution in [0, 0.1) is 13.8 Å². The Morgan fingerprint density at radius 2 is 2.06 bits per heavy atom. The molecule has 0 unspecified atom stereocenters. The van der Waals surface area contributed by atoms with E-state index in [4.69, 9.17) is 5.84 Å². The molecule has 2 rings (SSSR count). The molecular weight excluding hydrogens is 216 g/mol. The van der Waals surface area contributed by atoms with Gasteiger partial charge in [0.25, 0.3) is 0 Å². The lowest BCUT2D eigenvalue weighted by molar-refractivity contribution is 0.634. The highest BCUT2D eigenvalue weighted by atomic mass is 15.3. The Kier molecular flexibility index (Phi) is 3.06. The smallest absolute Gasteiger partial charge is 0.162 e. The molecule has 90 valence electrons. The van der Waals surface area contributed by atoms with Crippen LogP contribution in [0.3, 0.4) is 0 Å². The lowest BCUT2D eigenvalue weighted by atomic mass is 10.1. The van der Waals surface area contributed by atoms with Crippen LogP contribution in [-0.2, 0) is 6.54 Å². The van der Waals surface area contributed by atoms with Crippen molar-refractivity contribution >= 4 is 5.82 Å². The molecule has 2 aromatic rings. The number of nitrogen functional groups attached to an aromatic ring is 1. The van der Waals surface area contributed by atoms with Gasteiger partial charge in [0.15, 0.2) is 5.82 Å². The lowest BCUT2D eigenvalue weighted by Gasteiger charge is -2.03. The standard InChI is InChI=1S/C11H16N6/c1-4-17-8(3)11(7(2)16-17)9-5-6-10(13-12)15-14-9/h5-6H,4,12H2,1-3H3,(H,13,15). The Hall–Kier alpha value is -1.95. The molecule has 0 fully saturated rings. The molecule has 0 aliphatic carbocycles. The predicted octanol–water partition coefficient (Wildman–Crippen LogP) is 1.26. The SMILES string of the molecule is CCn1nc(C)c(-c2ccc(NN)nn2)c1C. The van der Waals surface area contributed by atoms with Crippen LogP contribution >= 0.6 is 0 Å². The summed E-state index contributed by atoms with van der Waals surface area (Å²) in [4.78, 5) is 0. The van der Waals surface area contributed by atoms with Crippen molar-refractivity contribution in [3.63, 3.8) is 0 Å². The van der Waals surface area contributed by atoms with Crippen molar-refractivity contribution in [2.24, 2.45) is 5.84 Å². The van der Waals surface area contributed by atoms with Crippen molar-refractivity contribution < 1.29 is 0 Å².